The summed E-state index contributed by atoms with van der Waals surface area (Å²) in [5, 5.41) is 14.2. The highest BCUT2D eigenvalue weighted by Crippen LogP contribution is 2.17. The number of anilines is 1. The van der Waals surface area contributed by atoms with E-state index in [0.717, 1.165) is 11.3 Å². The lowest BCUT2D eigenvalue weighted by Gasteiger charge is -2.08. The first-order valence-corrected chi connectivity index (χ1v) is 4.89. The first-order chi connectivity index (χ1) is 7.81. The lowest BCUT2D eigenvalue weighted by atomic mass is 10.2. The molecule has 1 aromatic carbocycles. The second-order valence-electron chi connectivity index (χ2n) is 3.29. The molecular formula is C10H13N5O. The van der Waals surface area contributed by atoms with Crippen molar-refractivity contribution >= 4 is 5.95 Å². The van der Waals surface area contributed by atoms with Crippen molar-refractivity contribution < 1.29 is 4.74 Å². The molecule has 6 nitrogen and oxygen atoms in total. The van der Waals surface area contributed by atoms with E-state index in [1.54, 1.807) is 18.8 Å². The molecule has 0 atom stereocenters. The van der Waals surface area contributed by atoms with E-state index in [1.807, 2.05) is 24.3 Å². The van der Waals surface area contributed by atoms with Gasteiger partial charge in [-0.25, -0.2) is 4.68 Å². The third-order valence-electron chi connectivity index (χ3n) is 2.25. The molecule has 0 aliphatic rings. The van der Waals surface area contributed by atoms with Gasteiger partial charge < -0.3 is 10.1 Å². The topological polar surface area (TPSA) is 64.9 Å². The van der Waals surface area contributed by atoms with E-state index in [2.05, 4.69) is 20.8 Å². The van der Waals surface area contributed by atoms with Crippen molar-refractivity contribution in [3.8, 4) is 5.75 Å². The Bertz CT molecular complexity index is 468. The Morgan fingerprint density at radius 2 is 2.19 bits per heavy atom. The third-order valence-corrected chi connectivity index (χ3v) is 2.25. The van der Waals surface area contributed by atoms with Gasteiger partial charge in [0.25, 0.3) is 0 Å². The quantitative estimate of drug-likeness (QED) is 0.825. The van der Waals surface area contributed by atoms with Gasteiger partial charge in [-0.05, 0) is 16.5 Å². The Hall–Kier alpha value is -2.11. The van der Waals surface area contributed by atoms with Crippen molar-refractivity contribution in [2.45, 2.75) is 6.54 Å². The number of nitrogens with one attached hydrogen (secondary N) is 1. The van der Waals surface area contributed by atoms with E-state index in [4.69, 9.17) is 4.74 Å². The summed E-state index contributed by atoms with van der Waals surface area (Å²) in [5.74, 6) is 1.48. The summed E-state index contributed by atoms with van der Waals surface area (Å²) in [4.78, 5) is 0. The molecular weight excluding hydrogens is 206 g/mol. The predicted octanol–water partition coefficient (Wildman–Crippen LogP) is 0.831. The maximum Gasteiger partial charge on any atom is 0.242 e. The summed E-state index contributed by atoms with van der Waals surface area (Å²) in [6.07, 6.45) is 0. The highest BCUT2D eigenvalue weighted by atomic mass is 16.5. The van der Waals surface area contributed by atoms with Crippen LogP contribution in [0, 0.1) is 0 Å². The van der Waals surface area contributed by atoms with Gasteiger partial charge in [0, 0.05) is 19.2 Å². The minimum Gasteiger partial charge on any atom is -0.496 e. The number of tetrazole rings is 1. The van der Waals surface area contributed by atoms with Crippen LogP contribution in [0.5, 0.6) is 5.75 Å². The zero-order chi connectivity index (χ0) is 11.4. The van der Waals surface area contributed by atoms with E-state index in [0.29, 0.717) is 12.5 Å². The minimum atomic E-state index is 0.623. The number of methoxy groups -OCH3 is 1. The molecule has 0 amide bonds. The average molecular weight is 219 g/mol. The monoisotopic (exact) mass is 219 g/mol. The van der Waals surface area contributed by atoms with Crippen LogP contribution in [-0.2, 0) is 13.6 Å². The number of ether oxygens (including phenoxy) is 1. The number of nitrogens with zero attached hydrogens (tertiary/aromatic N) is 4. The van der Waals surface area contributed by atoms with E-state index >= 15 is 0 Å². The van der Waals surface area contributed by atoms with Crippen LogP contribution >= 0.6 is 0 Å². The van der Waals surface area contributed by atoms with Crippen LogP contribution in [0.1, 0.15) is 5.56 Å². The Balaban J connectivity index is 2.07. The standard InChI is InChI=1S/C10H13N5O/c1-15-10(12-13-14-15)11-7-8-5-3-4-6-9(8)16-2/h3-6H,7H2,1-2H3,(H,11,12,14). The lowest BCUT2D eigenvalue weighted by molar-refractivity contribution is 0.410. The Morgan fingerprint density at radius 1 is 1.38 bits per heavy atom. The van der Waals surface area contributed by atoms with Gasteiger partial charge in [-0.3, -0.25) is 0 Å². The first-order valence-electron chi connectivity index (χ1n) is 4.89. The van der Waals surface area contributed by atoms with Crippen molar-refractivity contribution in [3.05, 3.63) is 29.8 Å². The zero-order valence-electron chi connectivity index (χ0n) is 9.21. The van der Waals surface area contributed by atoms with Crippen LogP contribution in [0.15, 0.2) is 24.3 Å². The molecule has 84 valence electrons. The Morgan fingerprint density at radius 3 is 2.88 bits per heavy atom. The molecule has 0 aliphatic carbocycles. The van der Waals surface area contributed by atoms with Gasteiger partial charge in [0.1, 0.15) is 5.75 Å². The van der Waals surface area contributed by atoms with E-state index in [-0.39, 0.29) is 0 Å². The molecule has 2 rings (SSSR count). The predicted molar refractivity (Wildman–Crippen MR) is 59.1 cm³/mol. The highest BCUT2D eigenvalue weighted by molar-refractivity contribution is 5.36. The van der Waals surface area contributed by atoms with Crippen LogP contribution in [-0.4, -0.2) is 27.3 Å². The van der Waals surface area contributed by atoms with Gasteiger partial charge in [-0.15, -0.1) is 0 Å². The number of hydrogen-bond acceptors (Lipinski definition) is 5. The molecule has 0 spiro atoms. The molecule has 0 saturated heterocycles. The number of aromatic nitrogens is 4. The number of hydrogen-bond donors (Lipinski definition) is 1. The van der Waals surface area contributed by atoms with Crippen molar-refractivity contribution in [2.24, 2.45) is 7.05 Å². The highest BCUT2D eigenvalue weighted by Gasteiger charge is 2.04. The fraction of sp³-hybridized carbons (Fsp3) is 0.300. The van der Waals surface area contributed by atoms with Crippen molar-refractivity contribution in [2.75, 3.05) is 12.4 Å². The molecule has 0 radical (unpaired) electrons. The molecule has 0 saturated carbocycles. The SMILES string of the molecule is COc1ccccc1CNc1nnnn1C. The normalized spacial score (nSPS) is 10.1. The molecule has 16 heavy (non-hydrogen) atoms. The summed E-state index contributed by atoms with van der Waals surface area (Å²) in [6, 6.07) is 7.82. The van der Waals surface area contributed by atoms with Gasteiger partial charge in [0.05, 0.1) is 7.11 Å². The number of para-hydroxylation sites is 1. The zero-order valence-corrected chi connectivity index (χ0v) is 9.21. The average Bonchev–Trinajstić information content (AvgIpc) is 2.72. The maximum absolute atomic E-state index is 5.25. The second kappa shape index (κ2) is 4.61. The molecule has 0 unspecified atom stereocenters. The van der Waals surface area contributed by atoms with E-state index in [9.17, 15) is 0 Å². The Kier molecular flexibility index (Phi) is 3.00. The lowest BCUT2D eigenvalue weighted by Crippen LogP contribution is -2.06. The summed E-state index contributed by atoms with van der Waals surface area (Å²) in [5.41, 5.74) is 1.06. The van der Waals surface area contributed by atoms with Crippen LogP contribution in [0.2, 0.25) is 0 Å². The molecule has 0 bridgehead atoms. The van der Waals surface area contributed by atoms with Crippen molar-refractivity contribution in [3.63, 3.8) is 0 Å². The Labute approximate surface area is 93.2 Å². The maximum atomic E-state index is 5.25. The van der Waals surface area contributed by atoms with Crippen LogP contribution in [0.3, 0.4) is 0 Å². The number of rotatable bonds is 4. The van der Waals surface area contributed by atoms with Gasteiger partial charge >= 0.3 is 0 Å². The van der Waals surface area contributed by atoms with Crippen molar-refractivity contribution in [1.29, 1.82) is 0 Å². The fourth-order valence-electron chi connectivity index (χ4n) is 1.40. The van der Waals surface area contributed by atoms with Gasteiger partial charge in [-0.1, -0.05) is 23.3 Å². The first kappa shape index (κ1) is 10.4. The summed E-state index contributed by atoms with van der Waals surface area (Å²) in [6.45, 7) is 0.623. The molecule has 2 aromatic rings. The largest absolute Gasteiger partial charge is 0.496 e. The van der Waals surface area contributed by atoms with E-state index < -0.39 is 0 Å². The van der Waals surface area contributed by atoms with Gasteiger partial charge in [0.2, 0.25) is 5.95 Å². The second-order valence-corrected chi connectivity index (χ2v) is 3.29. The van der Waals surface area contributed by atoms with E-state index in [1.165, 1.54) is 0 Å². The summed E-state index contributed by atoms with van der Waals surface area (Å²) >= 11 is 0. The van der Waals surface area contributed by atoms with Crippen LogP contribution < -0.4 is 10.1 Å². The van der Waals surface area contributed by atoms with Crippen LogP contribution in [0.25, 0.3) is 0 Å². The molecule has 6 heteroatoms. The fourth-order valence-corrected chi connectivity index (χ4v) is 1.40. The van der Waals surface area contributed by atoms with Crippen LogP contribution in [0.4, 0.5) is 5.95 Å². The van der Waals surface area contributed by atoms with Gasteiger partial charge in [-0.2, -0.15) is 0 Å². The molecule has 0 aliphatic heterocycles. The minimum absolute atomic E-state index is 0.623. The number of benzene rings is 1. The molecule has 0 fully saturated rings. The van der Waals surface area contributed by atoms with Gasteiger partial charge in [0.15, 0.2) is 0 Å². The van der Waals surface area contributed by atoms with Crippen molar-refractivity contribution in [1.82, 2.24) is 20.2 Å². The number of aryl methyl sites for hydroxylation is 1. The molecule has 1 N–H and O–H groups in total. The summed E-state index contributed by atoms with van der Waals surface area (Å²) < 4.78 is 6.83. The summed E-state index contributed by atoms with van der Waals surface area (Å²) in [7, 11) is 3.44. The molecule has 1 heterocycles. The third kappa shape index (κ3) is 2.10. The smallest absolute Gasteiger partial charge is 0.242 e. The molecule has 1 aromatic heterocycles.